The molecule has 2 aromatic carbocycles. The predicted octanol–water partition coefficient (Wildman–Crippen LogP) is 4.03. The van der Waals surface area contributed by atoms with Crippen LogP contribution in [0, 0.1) is 25.5 Å². The lowest BCUT2D eigenvalue weighted by Gasteiger charge is -2.09. The maximum absolute atomic E-state index is 13.8. The molecule has 0 spiro atoms. The number of nitrogen functional groups attached to an aromatic ring is 1. The fourth-order valence-corrected chi connectivity index (χ4v) is 4.69. The number of hydrogen-bond acceptors (Lipinski definition) is 5. The number of carbonyl (C=O) groups excluding carboxylic acids is 4. The van der Waals surface area contributed by atoms with Gasteiger partial charge in [-0.1, -0.05) is 6.42 Å². The Labute approximate surface area is 241 Å². The lowest BCUT2D eigenvalue weighted by molar-refractivity contribution is -0.120. The Balaban J connectivity index is 1.20. The largest absolute Gasteiger partial charge is 0.397 e. The van der Waals surface area contributed by atoms with Crippen LogP contribution in [0.15, 0.2) is 36.4 Å². The molecule has 1 aromatic heterocycles. The second kappa shape index (κ2) is 13.1. The van der Waals surface area contributed by atoms with E-state index in [1.807, 2.05) is 0 Å². The normalized spacial score (nSPS) is 13.0. The molecule has 12 heteroatoms. The van der Waals surface area contributed by atoms with Gasteiger partial charge in [-0.25, -0.2) is 8.78 Å². The number of halogens is 2. The first kappa shape index (κ1) is 30.0. The van der Waals surface area contributed by atoms with E-state index in [2.05, 4.69) is 26.3 Å². The first-order valence-electron chi connectivity index (χ1n) is 13.5. The molecule has 4 rings (SSSR count). The van der Waals surface area contributed by atoms with Gasteiger partial charge in [0.15, 0.2) is 0 Å². The van der Waals surface area contributed by atoms with Crippen molar-refractivity contribution in [1.29, 1.82) is 0 Å². The first-order chi connectivity index (χ1) is 20.0. The molecule has 7 N–H and O–H groups in total. The summed E-state index contributed by atoms with van der Waals surface area (Å²) in [6.45, 7) is 3.58. The van der Waals surface area contributed by atoms with E-state index in [9.17, 15) is 28.0 Å². The monoisotopic (exact) mass is 578 g/mol. The highest BCUT2D eigenvalue weighted by Crippen LogP contribution is 2.34. The average molecular weight is 579 g/mol. The molecular weight excluding hydrogens is 546 g/mol. The third-order valence-electron chi connectivity index (χ3n) is 6.86. The van der Waals surface area contributed by atoms with Gasteiger partial charge in [-0.15, -0.1) is 0 Å². The minimum Gasteiger partial charge on any atom is -0.397 e. The van der Waals surface area contributed by atoms with Gasteiger partial charge in [-0.3, -0.25) is 19.2 Å². The van der Waals surface area contributed by atoms with Crippen LogP contribution in [-0.4, -0.2) is 41.7 Å². The maximum atomic E-state index is 13.8. The van der Waals surface area contributed by atoms with Crippen molar-refractivity contribution in [2.24, 2.45) is 0 Å². The van der Waals surface area contributed by atoms with E-state index in [0.29, 0.717) is 65.3 Å². The summed E-state index contributed by atoms with van der Waals surface area (Å²) in [5.74, 6) is -2.36. The number of nitrogens with one attached hydrogen (secondary N) is 5. The van der Waals surface area contributed by atoms with Gasteiger partial charge < -0.3 is 32.0 Å². The highest BCUT2D eigenvalue weighted by molar-refractivity contribution is 6.35. The third kappa shape index (κ3) is 7.19. The molecule has 2 heterocycles. The second-order valence-corrected chi connectivity index (χ2v) is 9.99. The van der Waals surface area contributed by atoms with Gasteiger partial charge in [0.1, 0.15) is 11.6 Å². The number of aryl methyl sites for hydroxylation is 1. The van der Waals surface area contributed by atoms with Gasteiger partial charge in [-0.05, 0) is 74.7 Å². The van der Waals surface area contributed by atoms with Crippen LogP contribution in [0.5, 0.6) is 0 Å². The minimum absolute atomic E-state index is 0.153. The summed E-state index contributed by atoms with van der Waals surface area (Å²) in [7, 11) is 0. The molecule has 0 saturated heterocycles. The Kier molecular flexibility index (Phi) is 9.35. The van der Waals surface area contributed by atoms with E-state index in [0.717, 1.165) is 6.07 Å². The van der Waals surface area contributed by atoms with Gasteiger partial charge in [0.25, 0.3) is 11.8 Å². The number of amides is 4. The summed E-state index contributed by atoms with van der Waals surface area (Å²) in [6, 6.07) is 7.80. The van der Waals surface area contributed by atoms with Crippen molar-refractivity contribution >= 4 is 52.3 Å². The molecule has 0 aliphatic carbocycles. The maximum Gasteiger partial charge on any atom is 0.256 e. The zero-order valence-corrected chi connectivity index (χ0v) is 23.3. The number of hydrogen-bond donors (Lipinski definition) is 6. The molecule has 4 amide bonds. The molecule has 0 saturated carbocycles. The van der Waals surface area contributed by atoms with E-state index in [-0.39, 0.29) is 41.9 Å². The average Bonchev–Trinajstić information content (AvgIpc) is 3.40. The molecule has 10 nitrogen and oxygen atoms in total. The summed E-state index contributed by atoms with van der Waals surface area (Å²) >= 11 is 0. The van der Waals surface area contributed by atoms with Crippen molar-refractivity contribution in [1.82, 2.24) is 15.6 Å². The van der Waals surface area contributed by atoms with Crippen LogP contribution >= 0.6 is 0 Å². The molecule has 42 heavy (non-hydrogen) atoms. The molecule has 0 atom stereocenters. The molecule has 1 aliphatic rings. The highest BCUT2D eigenvalue weighted by Gasteiger charge is 2.26. The van der Waals surface area contributed by atoms with Crippen LogP contribution in [0.1, 0.15) is 58.6 Å². The molecule has 0 fully saturated rings. The van der Waals surface area contributed by atoms with E-state index < -0.39 is 17.5 Å². The Hall–Kier alpha value is -5.00. The molecule has 0 radical (unpaired) electrons. The van der Waals surface area contributed by atoms with Gasteiger partial charge in [0, 0.05) is 35.6 Å². The Morgan fingerprint density at radius 1 is 0.952 bits per heavy atom. The van der Waals surface area contributed by atoms with Crippen LogP contribution in [0.3, 0.4) is 0 Å². The van der Waals surface area contributed by atoms with Crippen LogP contribution in [-0.2, 0) is 14.4 Å². The lowest BCUT2D eigenvalue weighted by atomic mass is 10.0. The topological polar surface area (TPSA) is 158 Å². The Morgan fingerprint density at radius 3 is 2.45 bits per heavy atom. The minimum atomic E-state index is -0.480. The van der Waals surface area contributed by atoms with Crippen LogP contribution in [0.25, 0.3) is 11.6 Å². The van der Waals surface area contributed by atoms with E-state index in [1.54, 1.807) is 19.9 Å². The zero-order chi connectivity index (χ0) is 30.4. The summed E-state index contributed by atoms with van der Waals surface area (Å²) in [5.41, 5.74) is 9.45. The number of fused-ring (bicyclic) bond motifs is 1. The van der Waals surface area contributed by atoms with E-state index in [1.165, 1.54) is 30.3 Å². The number of anilines is 3. The smallest absolute Gasteiger partial charge is 0.256 e. The standard InChI is InChI=1S/C30H32F2N6O4/c1-16-25(14-21-20-12-18(31)7-9-23(20)38-29(21)41)36-17(2)28(16)30(42)35-15-27(40)34-11-5-3-4-6-26(39)37-24-10-8-19(32)13-22(24)33/h7-10,12-14,36H,3-6,11,15,33H2,1-2H3,(H,34,40)(H,35,42)(H,37,39)(H,38,41)/b21-14-. The van der Waals surface area contributed by atoms with Gasteiger partial charge >= 0.3 is 0 Å². The molecule has 1 aliphatic heterocycles. The number of carbonyl (C=O) groups is 4. The second-order valence-electron chi connectivity index (χ2n) is 9.99. The number of nitrogens with two attached hydrogens (primary N) is 1. The summed E-state index contributed by atoms with van der Waals surface area (Å²) < 4.78 is 26.9. The number of benzene rings is 2. The molecule has 3 aromatic rings. The quantitative estimate of drug-likeness (QED) is 0.115. The van der Waals surface area contributed by atoms with Crippen molar-refractivity contribution in [2.45, 2.75) is 39.5 Å². The lowest BCUT2D eigenvalue weighted by Crippen LogP contribution is -2.37. The number of aromatic amines is 1. The number of unbranched alkanes of at least 4 members (excludes halogenated alkanes) is 2. The van der Waals surface area contributed by atoms with Crippen molar-refractivity contribution < 1.29 is 28.0 Å². The fraction of sp³-hybridized carbons (Fsp3) is 0.267. The van der Waals surface area contributed by atoms with Crippen LogP contribution in [0.2, 0.25) is 0 Å². The summed E-state index contributed by atoms with van der Waals surface area (Å²) in [6.07, 6.45) is 3.75. The van der Waals surface area contributed by atoms with Crippen molar-refractivity contribution in [3.05, 3.63) is 76.1 Å². The molecule has 0 bridgehead atoms. The van der Waals surface area contributed by atoms with E-state index in [4.69, 9.17) is 5.73 Å². The highest BCUT2D eigenvalue weighted by atomic mass is 19.1. The Bertz CT molecular complexity index is 1580. The Morgan fingerprint density at radius 2 is 1.69 bits per heavy atom. The number of aromatic nitrogens is 1. The third-order valence-corrected chi connectivity index (χ3v) is 6.86. The fourth-order valence-electron chi connectivity index (χ4n) is 4.69. The summed E-state index contributed by atoms with van der Waals surface area (Å²) in [5, 5.41) is 10.7. The predicted molar refractivity (Wildman–Crippen MR) is 156 cm³/mol. The van der Waals surface area contributed by atoms with Crippen molar-refractivity contribution in [2.75, 3.05) is 29.5 Å². The van der Waals surface area contributed by atoms with E-state index >= 15 is 0 Å². The molecule has 0 unspecified atom stereocenters. The zero-order valence-electron chi connectivity index (χ0n) is 23.3. The molecular formula is C30H32F2N6O4. The summed E-state index contributed by atoms with van der Waals surface area (Å²) in [4.78, 5) is 52.7. The van der Waals surface area contributed by atoms with Gasteiger partial charge in [-0.2, -0.15) is 0 Å². The van der Waals surface area contributed by atoms with Gasteiger partial charge in [0.05, 0.1) is 29.1 Å². The van der Waals surface area contributed by atoms with Crippen molar-refractivity contribution in [3.63, 3.8) is 0 Å². The SMILES string of the molecule is Cc1[nH]c(/C=C2\C(=O)Nc3ccc(F)cc32)c(C)c1C(=O)NCC(=O)NCCCCCC(=O)Nc1ccc(F)cc1N. The molecule has 220 valence electrons. The van der Waals surface area contributed by atoms with Crippen LogP contribution < -0.4 is 27.0 Å². The van der Waals surface area contributed by atoms with Gasteiger partial charge in [0.2, 0.25) is 11.8 Å². The van der Waals surface area contributed by atoms with Crippen molar-refractivity contribution in [3.8, 4) is 0 Å². The number of rotatable bonds is 11. The number of H-pyrrole nitrogens is 1. The first-order valence-corrected chi connectivity index (χ1v) is 13.5. The van der Waals surface area contributed by atoms with Crippen LogP contribution in [0.4, 0.5) is 25.8 Å².